The lowest BCUT2D eigenvalue weighted by atomic mass is 10.0. The van der Waals surface area contributed by atoms with E-state index in [0.29, 0.717) is 22.8 Å². The second kappa shape index (κ2) is 7.66. The topological polar surface area (TPSA) is 79.2 Å². The second-order valence-corrected chi connectivity index (χ2v) is 7.40. The minimum absolute atomic E-state index is 0.147. The van der Waals surface area contributed by atoms with E-state index in [1.165, 1.54) is 11.1 Å². The van der Waals surface area contributed by atoms with Crippen molar-refractivity contribution in [3.8, 4) is 5.75 Å². The van der Waals surface area contributed by atoms with E-state index in [1.54, 1.807) is 28.9 Å². The summed E-state index contributed by atoms with van der Waals surface area (Å²) in [5.74, 6) is -0.111. The van der Waals surface area contributed by atoms with Crippen molar-refractivity contribution in [2.24, 2.45) is 0 Å². The summed E-state index contributed by atoms with van der Waals surface area (Å²) in [7, 11) is 0. The number of nitrogens with zero attached hydrogens (tertiary/aromatic N) is 2. The van der Waals surface area contributed by atoms with Crippen LogP contribution in [0, 0.1) is 6.92 Å². The number of nitrogens with one attached hydrogen (secondary N) is 2. The van der Waals surface area contributed by atoms with Crippen LogP contribution in [0.1, 0.15) is 32.9 Å². The summed E-state index contributed by atoms with van der Waals surface area (Å²) >= 11 is 6.01. The molecule has 2 heterocycles. The largest absolute Gasteiger partial charge is 0.508 e. The highest BCUT2D eigenvalue weighted by Crippen LogP contribution is 2.23. The lowest BCUT2D eigenvalue weighted by Gasteiger charge is -2.17. The Bertz CT molecular complexity index is 1040. The van der Waals surface area contributed by atoms with E-state index in [2.05, 4.69) is 15.7 Å². The number of phenols is 1. The highest BCUT2D eigenvalue weighted by Gasteiger charge is 2.15. The van der Waals surface area contributed by atoms with Crippen molar-refractivity contribution in [2.45, 2.75) is 26.4 Å². The van der Waals surface area contributed by atoms with E-state index in [-0.39, 0.29) is 11.7 Å². The Morgan fingerprint density at radius 1 is 1.25 bits per heavy atom. The van der Waals surface area contributed by atoms with Gasteiger partial charge < -0.3 is 15.7 Å². The van der Waals surface area contributed by atoms with Crippen molar-refractivity contribution in [1.29, 1.82) is 0 Å². The van der Waals surface area contributed by atoms with Crippen LogP contribution in [-0.4, -0.2) is 27.3 Å². The lowest BCUT2D eigenvalue weighted by Crippen LogP contribution is -2.23. The molecule has 4 rings (SSSR count). The highest BCUT2D eigenvalue weighted by molar-refractivity contribution is 6.30. The van der Waals surface area contributed by atoms with E-state index in [1.807, 2.05) is 25.1 Å². The van der Waals surface area contributed by atoms with E-state index < -0.39 is 0 Å². The zero-order chi connectivity index (χ0) is 19.7. The molecule has 7 heteroatoms. The molecule has 0 fully saturated rings. The number of aromatic hydroxyl groups is 1. The maximum Gasteiger partial charge on any atom is 0.276 e. The van der Waals surface area contributed by atoms with Crippen LogP contribution >= 0.6 is 11.6 Å². The minimum Gasteiger partial charge on any atom is -0.508 e. The van der Waals surface area contributed by atoms with Crippen LogP contribution < -0.4 is 10.6 Å². The number of hydrogen-bond donors (Lipinski definition) is 3. The number of carbonyl (C=O) groups is 1. The molecule has 144 valence electrons. The molecule has 3 N–H and O–H groups in total. The van der Waals surface area contributed by atoms with Crippen molar-refractivity contribution in [3.63, 3.8) is 0 Å². The Hall–Kier alpha value is -2.83. The van der Waals surface area contributed by atoms with Gasteiger partial charge in [-0.05, 0) is 67.4 Å². The fourth-order valence-corrected chi connectivity index (χ4v) is 3.57. The molecule has 0 saturated heterocycles. The van der Waals surface area contributed by atoms with Crippen LogP contribution in [0.5, 0.6) is 5.75 Å². The van der Waals surface area contributed by atoms with Gasteiger partial charge in [-0.3, -0.25) is 9.48 Å². The molecule has 0 spiro atoms. The van der Waals surface area contributed by atoms with Gasteiger partial charge in [0.15, 0.2) is 5.69 Å². The van der Waals surface area contributed by atoms with Crippen LogP contribution in [0.2, 0.25) is 5.02 Å². The number of anilines is 1. The molecular formula is C21H21ClN4O2. The standard InChI is InChI=1S/C21H21ClN4O2/c1-13-8-19(25-26(13)12-16-9-17(22)3-5-20(16)27)21(28)24-18-4-2-15-11-23-7-6-14(15)10-18/h2-5,8-10,23,27H,6-7,11-12H2,1H3,(H,24,28). The first-order chi connectivity index (χ1) is 13.5. The normalized spacial score (nSPS) is 13.2. The van der Waals surface area contributed by atoms with Gasteiger partial charge in [-0.1, -0.05) is 17.7 Å². The molecule has 0 radical (unpaired) electrons. The number of aromatic nitrogens is 2. The molecule has 6 nitrogen and oxygen atoms in total. The van der Waals surface area contributed by atoms with Crippen molar-refractivity contribution in [2.75, 3.05) is 11.9 Å². The number of halogens is 1. The van der Waals surface area contributed by atoms with Gasteiger partial charge in [-0.2, -0.15) is 5.10 Å². The third-order valence-corrected chi connectivity index (χ3v) is 5.16. The summed E-state index contributed by atoms with van der Waals surface area (Å²) in [5.41, 5.74) is 5.10. The van der Waals surface area contributed by atoms with E-state index in [9.17, 15) is 9.90 Å². The summed E-state index contributed by atoms with van der Waals surface area (Å²) in [6.45, 7) is 4.02. The first-order valence-corrected chi connectivity index (χ1v) is 9.53. The van der Waals surface area contributed by atoms with Crippen molar-refractivity contribution in [1.82, 2.24) is 15.1 Å². The zero-order valence-corrected chi connectivity index (χ0v) is 16.3. The number of hydrogen-bond acceptors (Lipinski definition) is 4. The van der Waals surface area contributed by atoms with Crippen LogP contribution in [-0.2, 0) is 19.5 Å². The van der Waals surface area contributed by atoms with Gasteiger partial charge in [0, 0.05) is 28.5 Å². The SMILES string of the molecule is Cc1cc(C(=O)Nc2ccc3c(c2)CCNC3)nn1Cc1cc(Cl)ccc1O. The fraction of sp³-hybridized carbons (Fsp3) is 0.238. The van der Waals surface area contributed by atoms with Crippen molar-refractivity contribution in [3.05, 3.63) is 75.6 Å². The maximum atomic E-state index is 12.7. The monoisotopic (exact) mass is 396 g/mol. The van der Waals surface area contributed by atoms with E-state index >= 15 is 0 Å². The Morgan fingerprint density at radius 2 is 2.11 bits per heavy atom. The third-order valence-electron chi connectivity index (χ3n) is 4.93. The fourth-order valence-electron chi connectivity index (χ4n) is 3.37. The van der Waals surface area contributed by atoms with Gasteiger partial charge in [0.25, 0.3) is 5.91 Å². The number of benzene rings is 2. The smallest absolute Gasteiger partial charge is 0.276 e. The van der Waals surface area contributed by atoms with Crippen LogP contribution in [0.4, 0.5) is 5.69 Å². The number of carbonyl (C=O) groups excluding carboxylic acids is 1. The molecule has 0 atom stereocenters. The number of aryl methyl sites for hydroxylation is 1. The molecular weight excluding hydrogens is 376 g/mol. The highest BCUT2D eigenvalue weighted by atomic mass is 35.5. The summed E-state index contributed by atoms with van der Waals surface area (Å²) in [4.78, 5) is 12.7. The number of phenolic OH excluding ortho intramolecular Hbond substituents is 1. The van der Waals surface area contributed by atoms with Crippen molar-refractivity contribution >= 4 is 23.2 Å². The summed E-state index contributed by atoms with van der Waals surface area (Å²) in [6.07, 6.45) is 0.954. The first-order valence-electron chi connectivity index (χ1n) is 9.15. The summed E-state index contributed by atoms with van der Waals surface area (Å²) in [6, 6.07) is 12.6. The minimum atomic E-state index is -0.258. The number of fused-ring (bicyclic) bond motifs is 1. The average molecular weight is 397 g/mol. The van der Waals surface area contributed by atoms with Gasteiger partial charge in [0.2, 0.25) is 0 Å². The zero-order valence-electron chi connectivity index (χ0n) is 15.5. The Labute approximate surface area is 168 Å². The number of rotatable bonds is 4. The van der Waals surface area contributed by atoms with E-state index in [0.717, 1.165) is 30.9 Å². The van der Waals surface area contributed by atoms with Crippen molar-refractivity contribution < 1.29 is 9.90 Å². The predicted molar refractivity (Wildman–Crippen MR) is 109 cm³/mol. The Kier molecular flexibility index (Phi) is 5.07. The molecule has 1 amide bonds. The molecule has 1 aliphatic heterocycles. The predicted octanol–water partition coefficient (Wildman–Crippen LogP) is 3.50. The van der Waals surface area contributed by atoms with Gasteiger partial charge in [-0.25, -0.2) is 0 Å². The molecule has 1 aromatic heterocycles. The van der Waals surface area contributed by atoms with Crippen LogP contribution in [0.15, 0.2) is 42.5 Å². The van der Waals surface area contributed by atoms with Gasteiger partial charge in [0.1, 0.15) is 5.75 Å². The first kappa shape index (κ1) is 18.5. The van der Waals surface area contributed by atoms with Crippen LogP contribution in [0.3, 0.4) is 0 Å². The molecule has 3 aromatic rings. The molecule has 2 aromatic carbocycles. The molecule has 0 unspecified atom stereocenters. The second-order valence-electron chi connectivity index (χ2n) is 6.97. The molecule has 28 heavy (non-hydrogen) atoms. The van der Waals surface area contributed by atoms with E-state index in [4.69, 9.17) is 11.6 Å². The van der Waals surface area contributed by atoms with Gasteiger partial charge in [0.05, 0.1) is 6.54 Å². The molecule has 0 aliphatic carbocycles. The summed E-state index contributed by atoms with van der Waals surface area (Å²) < 4.78 is 1.68. The molecule has 0 saturated carbocycles. The Balaban J connectivity index is 1.51. The quantitative estimate of drug-likeness (QED) is 0.630. The number of amides is 1. The third kappa shape index (κ3) is 3.88. The maximum absolute atomic E-state index is 12.7. The summed E-state index contributed by atoms with van der Waals surface area (Å²) in [5, 5.41) is 21.2. The molecule has 1 aliphatic rings. The Morgan fingerprint density at radius 3 is 2.96 bits per heavy atom. The average Bonchev–Trinajstić information content (AvgIpc) is 3.05. The van der Waals surface area contributed by atoms with Crippen LogP contribution in [0.25, 0.3) is 0 Å². The van der Waals surface area contributed by atoms with Gasteiger partial charge in [-0.15, -0.1) is 0 Å². The molecule has 0 bridgehead atoms. The van der Waals surface area contributed by atoms with Gasteiger partial charge >= 0.3 is 0 Å². The lowest BCUT2D eigenvalue weighted by molar-refractivity contribution is 0.102.